The van der Waals surface area contributed by atoms with Gasteiger partial charge in [0.25, 0.3) is 0 Å². The Labute approximate surface area is 197 Å². The highest BCUT2D eigenvalue weighted by Crippen LogP contribution is 2.31. The number of hydrogen-bond donors (Lipinski definition) is 1. The number of alkyl carbamates (subject to hydrolysis) is 1. The van der Waals surface area contributed by atoms with E-state index in [1.807, 2.05) is 25.7 Å². The van der Waals surface area contributed by atoms with Gasteiger partial charge in [-0.15, -0.1) is 0 Å². The Hall–Kier alpha value is -2.54. The van der Waals surface area contributed by atoms with Gasteiger partial charge in [0.2, 0.25) is 5.91 Å². The fourth-order valence-corrected chi connectivity index (χ4v) is 5.03. The Morgan fingerprint density at radius 3 is 2.58 bits per heavy atom. The van der Waals surface area contributed by atoms with Crippen LogP contribution in [0.2, 0.25) is 0 Å². The van der Waals surface area contributed by atoms with Crippen LogP contribution in [0.25, 0.3) is 10.9 Å². The van der Waals surface area contributed by atoms with Crippen LogP contribution < -0.4 is 5.32 Å². The molecule has 33 heavy (non-hydrogen) atoms. The zero-order valence-corrected chi connectivity index (χ0v) is 20.7. The summed E-state index contributed by atoms with van der Waals surface area (Å²) in [6, 6.07) is 6.65. The maximum atomic E-state index is 13.0. The van der Waals surface area contributed by atoms with Gasteiger partial charge in [0.1, 0.15) is 6.10 Å². The monoisotopic (exact) mass is 454 g/mol. The Kier molecular flexibility index (Phi) is 6.71. The first-order valence-corrected chi connectivity index (χ1v) is 12.2. The second-order valence-corrected chi connectivity index (χ2v) is 10.7. The fourth-order valence-electron chi connectivity index (χ4n) is 5.03. The van der Waals surface area contributed by atoms with Crippen LogP contribution in [0.15, 0.2) is 18.2 Å². The van der Waals surface area contributed by atoms with Crippen molar-refractivity contribution in [2.75, 3.05) is 26.7 Å². The van der Waals surface area contributed by atoms with Crippen LogP contribution >= 0.6 is 0 Å². The van der Waals surface area contributed by atoms with E-state index in [4.69, 9.17) is 4.74 Å². The summed E-state index contributed by atoms with van der Waals surface area (Å²) in [4.78, 5) is 29.3. The molecule has 7 nitrogen and oxygen atoms in total. The first-order chi connectivity index (χ1) is 15.6. The molecule has 1 aromatic heterocycles. The molecule has 1 saturated heterocycles. The van der Waals surface area contributed by atoms with Gasteiger partial charge in [-0.1, -0.05) is 11.6 Å². The normalized spacial score (nSPS) is 17.8. The molecule has 0 saturated carbocycles. The van der Waals surface area contributed by atoms with Crippen LogP contribution in [-0.4, -0.2) is 64.7 Å². The number of amides is 2. The van der Waals surface area contributed by atoms with Gasteiger partial charge in [0.15, 0.2) is 0 Å². The van der Waals surface area contributed by atoms with Crippen molar-refractivity contribution in [3.63, 3.8) is 0 Å². The molecule has 2 aliphatic rings. The van der Waals surface area contributed by atoms with Crippen LogP contribution in [-0.2, 0) is 29.0 Å². The van der Waals surface area contributed by atoms with Crippen molar-refractivity contribution < 1.29 is 14.3 Å². The van der Waals surface area contributed by atoms with Gasteiger partial charge in [-0.2, -0.15) is 0 Å². The van der Waals surface area contributed by atoms with Crippen molar-refractivity contribution in [1.82, 2.24) is 19.7 Å². The lowest BCUT2D eigenvalue weighted by atomic mass is 10.0. The van der Waals surface area contributed by atoms with Crippen molar-refractivity contribution in [3.05, 3.63) is 35.0 Å². The molecule has 2 amide bonds. The number of rotatable bonds is 4. The second kappa shape index (κ2) is 9.37. The van der Waals surface area contributed by atoms with Crippen molar-refractivity contribution in [2.24, 2.45) is 0 Å². The number of benzene rings is 1. The number of nitrogens with zero attached hydrogens (tertiary/aromatic N) is 3. The van der Waals surface area contributed by atoms with Crippen LogP contribution in [0.4, 0.5) is 4.79 Å². The summed E-state index contributed by atoms with van der Waals surface area (Å²) < 4.78 is 7.92. The zero-order valence-electron chi connectivity index (χ0n) is 20.7. The number of likely N-dealkylation sites (N-methyl/N-ethyl adjacent to an activating group) is 1. The molecular formula is C26H38N4O3. The molecule has 1 aromatic carbocycles. The molecule has 0 bridgehead atoms. The van der Waals surface area contributed by atoms with Crippen molar-refractivity contribution in [2.45, 2.75) is 78.1 Å². The number of carbonyl (C=O) groups excluding carboxylic acids is 2. The average molecular weight is 455 g/mol. The predicted octanol–water partition coefficient (Wildman–Crippen LogP) is 3.84. The lowest BCUT2D eigenvalue weighted by molar-refractivity contribution is -0.133. The molecular weight excluding hydrogens is 416 g/mol. The van der Waals surface area contributed by atoms with E-state index in [2.05, 4.69) is 47.0 Å². The topological polar surface area (TPSA) is 66.8 Å². The first kappa shape index (κ1) is 23.6. The third-order valence-electron chi connectivity index (χ3n) is 6.70. The van der Waals surface area contributed by atoms with Crippen LogP contribution in [0, 0.1) is 6.92 Å². The smallest absolute Gasteiger partial charge is 0.407 e. The van der Waals surface area contributed by atoms with Gasteiger partial charge in [-0.05, 0) is 52.4 Å². The standard InChI is InChI=1S/C26H38N4O3/c1-18-6-7-22-20(16-18)21-17-28(5)12-10-23(21)30(22)15-11-24(31)29-13-8-19(9-14-29)33-25(32)27-26(2,3)4/h6-7,16,19H,8-15,17H2,1-5H3,(H,27,32). The van der Waals surface area contributed by atoms with Crippen LogP contribution in [0.3, 0.4) is 0 Å². The second-order valence-electron chi connectivity index (χ2n) is 10.7. The lowest BCUT2D eigenvalue weighted by Gasteiger charge is -2.32. The number of fused-ring (bicyclic) bond motifs is 3. The van der Waals surface area contributed by atoms with E-state index in [0.29, 0.717) is 38.9 Å². The van der Waals surface area contributed by atoms with E-state index in [9.17, 15) is 9.59 Å². The quantitative estimate of drug-likeness (QED) is 0.762. The molecule has 1 fully saturated rings. The summed E-state index contributed by atoms with van der Waals surface area (Å²) >= 11 is 0. The van der Waals surface area contributed by atoms with E-state index >= 15 is 0 Å². The number of carbonyl (C=O) groups is 2. The van der Waals surface area contributed by atoms with Crippen molar-refractivity contribution in [1.29, 1.82) is 0 Å². The number of ether oxygens (including phenoxy) is 1. The van der Waals surface area contributed by atoms with E-state index in [0.717, 1.165) is 19.5 Å². The SMILES string of the molecule is Cc1ccc2c(c1)c1c(n2CCC(=O)N2CCC(OC(=O)NC(C)(C)C)CC2)CCN(C)C1. The molecule has 3 heterocycles. The molecule has 0 radical (unpaired) electrons. The van der Waals surface area contributed by atoms with E-state index in [1.54, 1.807) is 0 Å². The third-order valence-corrected chi connectivity index (χ3v) is 6.70. The first-order valence-electron chi connectivity index (χ1n) is 12.2. The lowest BCUT2D eigenvalue weighted by Crippen LogP contribution is -2.45. The van der Waals surface area contributed by atoms with Gasteiger partial charge < -0.3 is 24.4 Å². The number of piperidine rings is 1. The molecule has 0 aliphatic carbocycles. The Bertz CT molecular complexity index is 1030. The Morgan fingerprint density at radius 1 is 1.15 bits per heavy atom. The highest BCUT2D eigenvalue weighted by molar-refractivity contribution is 5.87. The number of likely N-dealkylation sites (tertiary alicyclic amines) is 1. The summed E-state index contributed by atoms with van der Waals surface area (Å²) in [5.74, 6) is 0.184. The summed E-state index contributed by atoms with van der Waals surface area (Å²) in [6.07, 6.45) is 2.39. The minimum absolute atomic E-state index is 0.128. The minimum Gasteiger partial charge on any atom is -0.446 e. The van der Waals surface area contributed by atoms with Gasteiger partial charge in [0.05, 0.1) is 0 Å². The number of aromatic nitrogens is 1. The van der Waals surface area contributed by atoms with Crippen LogP contribution in [0.1, 0.15) is 56.9 Å². The molecule has 0 unspecified atom stereocenters. The molecule has 2 aliphatic heterocycles. The minimum atomic E-state index is -0.377. The summed E-state index contributed by atoms with van der Waals surface area (Å²) in [7, 11) is 2.17. The number of aryl methyl sites for hydroxylation is 2. The Balaban J connectivity index is 1.36. The van der Waals surface area contributed by atoms with E-state index in [-0.39, 0.29) is 23.6 Å². The summed E-state index contributed by atoms with van der Waals surface area (Å²) in [5, 5.41) is 4.16. The largest absolute Gasteiger partial charge is 0.446 e. The highest BCUT2D eigenvalue weighted by Gasteiger charge is 2.27. The molecule has 180 valence electrons. The van der Waals surface area contributed by atoms with Gasteiger partial charge in [-0.3, -0.25) is 4.79 Å². The van der Waals surface area contributed by atoms with Gasteiger partial charge in [0, 0.05) is 80.5 Å². The predicted molar refractivity (Wildman–Crippen MR) is 130 cm³/mol. The zero-order chi connectivity index (χ0) is 23.8. The van der Waals surface area contributed by atoms with E-state index in [1.165, 1.54) is 27.7 Å². The maximum Gasteiger partial charge on any atom is 0.407 e. The molecule has 0 spiro atoms. The molecule has 0 atom stereocenters. The maximum absolute atomic E-state index is 13.0. The van der Waals surface area contributed by atoms with Gasteiger partial charge >= 0.3 is 6.09 Å². The third kappa shape index (κ3) is 5.52. The number of nitrogens with one attached hydrogen (secondary N) is 1. The molecule has 2 aromatic rings. The van der Waals surface area contributed by atoms with Gasteiger partial charge in [-0.25, -0.2) is 4.79 Å². The van der Waals surface area contributed by atoms with E-state index < -0.39 is 0 Å². The summed E-state index contributed by atoms with van der Waals surface area (Å²) in [5.41, 5.74) is 5.00. The highest BCUT2D eigenvalue weighted by atomic mass is 16.6. The Morgan fingerprint density at radius 2 is 1.88 bits per heavy atom. The van der Waals surface area contributed by atoms with Crippen molar-refractivity contribution in [3.8, 4) is 0 Å². The summed E-state index contributed by atoms with van der Waals surface area (Å²) in [6.45, 7) is 11.9. The molecule has 1 N–H and O–H groups in total. The van der Waals surface area contributed by atoms with Crippen LogP contribution in [0.5, 0.6) is 0 Å². The molecule has 7 heteroatoms. The fraction of sp³-hybridized carbons (Fsp3) is 0.615. The van der Waals surface area contributed by atoms with Crippen molar-refractivity contribution >= 4 is 22.9 Å². The average Bonchev–Trinajstić information content (AvgIpc) is 3.03. The molecule has 4 rings (SSSR count). The number of hydrogen-bond acceptors (Lipinski definition) is 4.